The van der Waals surface area contributed by atoms with E-state index in [2.05, 4.69) is 14.9 Å². The normalized spacial score (nSPS) is 32.4. The fraction of sp³-hybridized carbons (Fsp3) is 0.750. The molecular weight excluding hydrogens is 396 g/mol. The minimum Gasteiger partial charge on any atom is -0.373 e. The number of nitrogens with zero attached hydrogens (tertiary/aromatic N) is 4. The molecule has 4 aliphatic heterocycles. The molecule has 4 saturated heterocycles. The van der Waals surface area contributed by atoms with Crippen LogP contribution in [0.2, 0.25) is 5.15 Å². The van der Waals surface area contributed by atoms with Crippen LogP contribution < -0.4 is 4.90 Å². The van der Waals surface area contributed by atoms with Gasteiger partial charge in [0.1, 0.15) is 11.0 Å². The Labute approximate surface area is 175 Å². The second-order valence-corrected chi connectivity index (χ2v) is 10.0. The van der Waals surface area contributed by atoms with Crippen molar-refractivity contribution in [2.75, 3.05) is 24.5 Å². The maximum Gasteiger partial charge on any atom is 0.239 e. The van der Waals surface area contributed by atoms with Gasteiger partial charge in [-0.2, -0.15) is 0 Å². The van der Waals surface area contributed by atoms with Crippen LogP contribution in [0.3, 0.4) is 0 Å². The monoisotopic (exact) mass is 422 g/mol. The second-order valence-electron chi connectivity index (χ2n) is 8.45. The van der Waals surface area contributed by atoms with Crippen molar-refractivity contribution in [3.63, 3.8) is 0 Å². The van der Waals surface area contributed by atoms with Crippen molar-refractivity contribution in [1.82, 2.24) is 14.3 Å². The third-order valence-corrected chi connectivity index (χ3v) is 8.38. The van der Waals surface area contributed by atoms with E-state index < -0.39 is 0 Å². The summed E-state index contributed by atoms with van der Waals surface area (Å²) >= 11 is 7.72. The standard InChI is InChI=1S/C20H27ClN4O2S/c21-16-11-22-12-17(23-16)24-9-6-13(7-10-24)3-1-2-8-25-20(26)18-14-4-5-15(27-14)19(18)28-25/h11-15,18-19H,1-10H2. The van der Waals surface area contributed by atoms with Crippen LogP contribution in [0.1, 0.15) is 44.9 Å². The third-order valence-electron chi connectivity index (χ3n) is 6.74. The minimum absolute atomic E-state index is 0.141. The van der Waals surface area contributed by atoms with E-state index in [-0.39, 0.29) is 12.0 Å². The third kappa shape index (κ3) is 3.61. The highest BCUT2D eigenvalue weighted by atomic mass is 35.5. The largest absolute Gasteiger partial charge is 0.373 e. The lowest BCUT2D eigenvalue weighted by Gasteiger charge is -2.32. The molecule has 4 aliphatic rings. The molecule has 8 heteroatoms. The van der Waals surface area contributed by atoms with Gasteiger partial charge in [0.2, 0.25) is 5.91 Å². The lowest BCUT2D eigenvalue weighted by Crippen LogP contribution is -2.34. The Morgan fingerprint density at radius 1 is 1.14 bits per heavy atom. The van der Waals surface area contributed by atoms with Gasteiger partial charge in [0.05, 0.1) is 35.8 Å². The van der Waals surface area contributed by atoms with Gasteiger partial charge >= 0.3 is 0 Å². The Morgan fingerprint density at radius 3 is 2.75 bits per heavy atom. The molecule has 1 amide bonds. The minimum atomic E-state index is 0.141. The molecule has 6 nitrogen and oxygen atoms in total. The Hall–Kier alpha value is -1.05. The van der Waals surface area contributed by atoms with E-state index in [4.69, 9.17) is 16.3 Å². The number of ether oxygens (including phenoxy) is 1. The van der Waals surface area contributed by atoms with Gasteiger partial charge < -0.3 is 9.64 Å². The smallest absolute Gasteiger partial charge is 0.239 e. The van der Waals surface area contributed by atoms with E-state index >= 15 is 0 Å². The number of fused-ring (bicyclic) bond motifs is 5. The molecule has 1 aromatic rings. The molecule has 4 fully saturated rings. The van der Waals surface area contributed by atoms with Crippen molar-refractivity contribution in [2.45, 2.75) is 62.4 Å². The zero-order valence-electron chi connectivity index (χ0n) is 16.0. The summed E-state index contributed by atoms with van der Waals surface area (Å²) in [6.07, 6.45) is 12.0. The molecule has 0 radical (unpaired) electrons. The fourth-order valence-corrected chi connectivity index (χ4v) is 6.88. The van der Waals surface area contributed by atoms with E-state index in [0.717, 1.165) is 50.6 Å². The number of carbonyl (C=O) groups excluding carboxylic acids is 1. The molecule has 2 bridgehead atoms. The van der Waals surface area contributed by atoms with Crippen molar-refractivity contribution in [1.29, 1.82) is 0 Å². The topological polar surface area (TPSA) is 58.6 Å². The summed E-state index contributed by atoms with van der Waals surface area (Å²) in [5, 5.41) is 0.850. The van der Waals surface area contributed by atoms with E-state index in [1.807, 2.05) is 4.31 Å². The van der Waals surface area contributed by atoms with E-state index in [0.29, 0.717) is 22.4 Å². The predicted molar refractivity (Wildman–Crippen MR) is 110 cm³/mol. The number of piperidine rings is 1. The number of amides is 1. The average Bonchev–Trinajstić information content (AvgIpc) is 3.40. The summed E-state index contributed by atoms with van der Waals surface area (Å²) in [5.74, 6) is 2.13. The number of aromatic nitrogens is 2. The first-order valence-electron chi connectivity index (χ1n) is 10.5. The molecule has 1 aromatic heterocycles. The van der Waals surface area contributed by atoms with Crippen LogP contribution in [0.25, 0.3) is 0 Å². The number of hydrogen-bond donors (Lipinski definition) is 0. The number of rotatable bonds is 6. The molecule has 28 heavy (non-hydrogen) atoms. The van der Waals surface area contributed by atoms with Crippen LogP contribution in [0, 0.1) is 11.8 Å². The first-order valence-corrected chi connectivity index (χ1v) is 11.8. The summed E-state index contributed by atoms with van der Waals surface area (Å²) in [6.45, 7) is 2.94. The van der Waals surface area contributed by atoms with Gasteiger partial charge in [-0.05, 0) is 50.0 Å². The molecule has 0 aromatic carbocycles. The van der Waals surface area contributed by atoms with Gasteiger partial charge in [-0.25, -0.2) is 4.98 Å². The SMILES string of the molecule is O=C1C2C3CCC(O3)C2SN1CCCCC1CCN(c2cncc(Cl)n2)CC1. The van der Waals surface area contributed by atoms with Gasteiger partial charge in [0.25, 0.3) is 0 Å². The summed E-state index contributed by atoms with van der Waals surface area (Å²) in [6, 6.07) is 0. The molecule has 4 atom stereocenters. The first-order chi connectivity index (χ1) is 13.7. The highest BCUT2D eigenvalue weighted by Crippen LogP contribution is 2.51. The number of carbonyl (C=O) groups is 1. The Bertz CT molecular complexity index is 730. The number of unbranched alkanes of at least 4 members (excludes halogenated alkanes) is 1. The number of anilines is 1. The molecule has 5 heterocycles. The van der Waals surface area contributed by atoms with Crippen molar-refractivity contribution >= 4 is 35.3 Å². The first kappa shape index (κ1) is 18.9. The lowest BCUT2D eigenvalue weighted by molar-refractivity contribution is -0.130. The number of hydrogen-bond acceptors (Lipinski definition) is 6. The van der Waals surface area contributed by atoms with Crippen LogP contribution in [0.5, 0.6) is 0 Å². The zero-order valence-corrected chi connectivity index (χ0v) is 17.6. The lowest BCUT2D eigenvalue weighted by atomic mass is 9.88. The quantitative estimate of drug-likeness (QED) is 0.516. The molecule has 152 valence electrons. The van der Waals surface area contributed by atoms with Gasteiger partial charge in [-0.15, -0.1) is 0 Å². The molecule has 0 saturated carbocycles. The molecule has 0 aliphatic carbocycles. The second kappa shape index (κ2) is 8.00. The molecular formula is C20H27ClN4O2S. The zero-order chi connectivity index (χ0) is 19.1. The maximum absolute atomic E-state index is 12.7. The highest BCUT2D eigenvalue weighted by molar-refractivity contribution is 7.98. The van der Waals surface area contributed by atoms with Gasteiger partial charge in [0.15, 0.2) is 0 Å². The van der Waals surface area contributed by atoms with Crippen LogP contribution in [0.4, 0.5) is 5.82 Å². The summed E-state index contributed by atoms with van der Waals surface area (Å²) in [4.78, 5) is 23.5. The number of halogens is 1. The van der Waals surface area contributed by atoms with Crippen molar-refractivity contribution in [2.24, 2.45) is 11.8 Å². The molecule has 4 unspecified atom stereocenters. The van der Waals surface area contributed by atoms with Gasteiger partial charge in [-0.1, -0.05) is 24.4 Å². The summed E-state index contributed by atoms with van der Waals surface area (Å²) < 4.78 is 7.97. The van der Waals surface area contributed by atoms with Crippen molar-refractivity contribution < 1.29 is 9.53 Å². The van der Waals surface area contributed by atoms with Crippen molar-refractivity contribution in [3.05, 3.63) is 17.5 Å². The van der Waals surface area contributed by atoms with Crippen LogP contribution >= 0.6 is 23.5 Å². The van der Waals surface area contributed by atoms with Gasteiger partial charge in [0, 0.05) is 19.6 Å². The van der Waals surface area contributed by atoms with Crippen molar-refractivity contribution in [3.8, 4) is 0 Å². The Kier molecular flexibility index (Phi) is 5.41. The molecule has 5 rings (SSSR count). The van der Waals surface area contributed by atoms with Crippen LogP contribution in [-0.2, 0) is 9.53 Å². The predicted octanol–water partition coefficient (Wildman–Crippen LogP) is 3.55. The Balaban J connectivity index is 1.02. The van der Waals surface area contributed by atoms with Crippen LogP contribution in [0.15, 0.2) is 12.4 Å². The van der Waals surface area contributed by atoms with E-state index in [1.54, 1.807) is 24.3 Å². The highest BCUT2D eigenvalue weighted by Gasteiger charge is 2.58. The van der Waals surface area contributed by atoms with Crippen LogP contribution in [-0.4, -0.2) is 57.3 Å². The Morgan fingerprint density at radius 2 is 1.96 bits per heavy atom. The van der Waals surface area contributed by atoms with E-state index in [9.17, 15) is 4.79 Å². The summed E-state index contributed by atoms with van der Waals surface area (Å²) in [7, 11) is 0. The fourth-order valence-electron chi connectivity index (χ4n) is 5.22. The maximum atomic E-state index is 12.7. The van der Waals surface area contributed by atoms with E-state index in [1.165, 1.54) is 25.7 Å². The average molecular weight is 423 g/mol. The van der Waals surface area contributed by atoms with Gasteiger partial charge in [-0.3, -0.25) is 14.1 Å². The summed E-state index contributed by atoms with van der Waals surface area (Å²) in [5.41, 5.74) is 0. The molecule has 0 N–H and O–H groups in total. The molecule has 0 spiro atoms.